The van der Waals surface area contributed by atoms with Crippen molar-refractivity contribution >= 4 is 5.91 Å². The standard InChI is InChI=1S/C29H33F4N3O2/c1-7-19(8-2)12-21-17(3)15-35(27(21)20-10-9-11-24(38-6)18(20)4)26(37)16-36-25(28(5,30)31)13-23(34-36)22-14-29(22,32)33/h7,9-13,22,27H,3,8,14-16H2,1-2,4-6H3/b19-7-,21-12+. The number of halogens is 4. The van der Waals surface area contributed by atoms with Crippen molar-refractivity contribution in [3.8, 4) is 5.75 Å². The number of likely N-dealkylation sites (tertiary alicyclic amines) is 1. The first kappa shape index (κ1) is 27.7. The van der Waals surface area contributed by atoms with Crippen LogP contribution in [0.2, 0.25) is 0 Å². The maximum Gasteiger partial charge on any atom is 0.286 e. The molecule has 2 aliphatic rings. The highest BCUT2D eigenvalue weighted by Crippen LogP contribution is 2.55. The van der Waals surface area contributed by atoms with E-state index in [0.29, 0.717) is 12.7 Å². The molecule has 1 aromatic heterocycles. The monoisotopic (exact) mass is 531 g/mol. The van der Waals surface area contributed by atoms with Crippen LogP contribution in [0.1, 0.15) is 68.1 Å². The molecule has 9 heteroatoms. The first-order valence-electron chi connectivity index (χ1n) is 12.6. The average molecular weight is 532 g/mol. The van der Waals surface area contributed by atoms with Gasteiger partial charge in [0.1, 0.15) is 18.0 Å². The van der Waals surface area contributed by atoms with Crippen molar-refractivity contribution in [1.82, 2.24) is 14.7 Å². The first-order chi connectivity index (χ1) is 17.8. The number of methoxy groups -OCH3 is 1. The third-order valence-electron chi connectivity index (χ3n) is 7.37. The van der Waals surface area contributed by atoms with E-state index in [0.717, 1.165) is 45.0 Å². The van der Waals surface area contributed by atoms with Crippen LogP contribution in [0, 0.1) is 6.92 Å². The molecule has 5 nitrogen and oxygen atoms in total. The normalized spacial score (nSPS) is 22.3. The number of allylic oxidation sites excluding steroid dienone is 3. The zero-order valence-corrected chi connectivity index (χ0v) is 22.3. The summed E-state index contributed by atoms with van der Waals surface area (Å²) < 4.78 is 62.6. The lowest BCUT2D eigenvalue weighted by molar-refractivity contribution is -0.132. The third kappa shape index (κ3) is 5.15. The van der Waals surface area contributed by atoms with Crippen LogP contribution in [0.25, 0.3) is 0 Å². The topological polar surface area (TPSA) is 47.4 Å². The lowest BCUT2D eigenvalue weighted by atomic mass is 9.91. The molecule has 2 heterocycles. The number of hydrogen-bond donors (Lipinski definition) is 0. The van der Waals surface area contributed by atoms with Gasteiger partial charge in [-0.15, -0.1) is 0 Å². The Balaban J connectivity index is 1.75. The smallest absolute Gasteiger partial charge is 0.286 e. The number of carbonyl (C=O) groups is 1. The Hall–Kier alpha value is -3.36. The van der Waals surface area contributed by atoms with E-state index in [1.807, 2.05) is 51.1 Å². The fourth-order valence-electron chi connectivity index (χ4n) is 5.07. The maximum atomic E-state index is 14.4. The van der Waals surface area contributed by atoms with Crippen molar-refractivity contribution in [2.75, 3.05) is 13.7 Å². The minimum Gasteiger partial charge on any atom is -0.496 e. The van der Waals surface area contributed by atoms with E-state index < -0.39 is 48.4 Å². The summed E-state index contributed by atoms with van der Waals surface area (Å²) in [6.45, 7) is 10.4. The summed E-state index contributed by atoms with van der Waals surface area (Å²) in [6, 6.07) is 6.04. The molecule has 2 fully saturated rings. The van der Waals surface area contributed by atoms with Gasteiger partial charge in [0.25, 0.3) is 11.8 Å². The molecule has 2 aromatic rings. The predicted molar refractivity (Wildman–Crippen MR) is 138 cm³/mol. The van der Waals surface area contributed by atoms with Gasteiger partial charge in [0.2, 0.25) is 5.91 Å². The lowest BCUT2D eigenvalue weighted by Crippen LogP contribution is -2.35. The second-order valence-electron chi connectivity index (χ2n) is 10.0. The molecule has 1 saturated carbocycles. The molecule has 4 rings (SSSR count). The molecule has 1 aliphatic carbocycles. The van der Waals surface area contributed by atoms with Gasteiger partial charge in [-0.2, -0.15) is 13.9 Å². The zero-order chi connectivity index (χ0) is 28.0. The molecule has 1 aromatic carbocycles. The average Bonchev–Trinajstić information content (AvgIpc) is 3.15. The summed E-state index contributed by atoms with van der Waals surface area (Å²) in [5, 5.41) is 4.04. The first-order valence-corrected chi connectivity index (χ1v) is 12.6. The Labute approximate surface area is 220 Å². The van der Waals surface area contributed by atoms with Crippen LogP contribution in [0.5, 0.6) is 5.75 Å². The molecule has 204 valence electrons. The number of ether oxygens (including phenoxy) is 1. The molecular formula is C29H33F4N3O2. The molecular weight excluding hydrogens is 498 g/mol. The number of rotatable bonds is 8. The summed E-state index contributed by atoms with van der Waals surface area (Å²) in [5.74, 6) is -7.34. The number of aromatic nitrogens is 2. The quantitative estimate of drug-likeness (QED) is 0.350. The number of alkyl halides is 4. The van der Waals surface area contributed by atoms with E-state index in [4.69, 9.17) is 4.74 Å². The molecule has 2 unspecified atom stereocenters. The molecule has 2 atom stereocenters. The van der Waals surface area contributed by atoms with E-state index in [2.05, 4.69) is 11.7 Å². The molecule has 0 spiro atoms. The SMILES string of the molecule is C=C1CN(C(=O)Cn2nc(C3CC3(F)F)cc2C(C)(F)F)C(c2cccc(OC)c2C)/C1=C/C(=C\C)CC. The minimum absolute atomic E-state index is 0.119. The minimum atomic E-state index is -3.36. The summed E-state index contributed by atoms with van der Waals surface area (Å²) in [4.78, 5) is 15.3. The Morgan fingerprint density at radius 3 is 2.58 bits per heavy atom. The fourth-order valence-corrected chi connectivity index (χ4v) is 5.07. The van der Waals surface area contributed by atoms with Crippen molar-refractivity contribution in [3.05, 3.63) is 82.2 Å². The molecule has 1 amide bonds. The van der Waals surface area contributed by atoms with Gasteiger partial charge >= 0.3 is 0 Å². The zero-order valence-electron chi connectivity index (χ0n) is 22.3. The fraction of sp³-hybridized carbons (Fsp3) is 0.448. The Morgan fingerprint density at radius 2 is 2.03 bits per heavy atom. The highest BCUT2D eigenvalue weighted by Gasteiger charge is 2.59. The third-order valence-corrected chi connectivity index (χ3v) is 7.37. The second kappa shape index (κ2) is 10.1. The van der Waals surface area contributed by atoms with Gasteiger partial charge in [-0.1, -0.05) is 43.4 Å². The van der Waals surface area contributed by atoms with Crippen molar-refractivity contribution in [1.29, 1.82) is 0 Å². The van der Waals surface area contributed by atoms with Gasteiger partial charge in [-0.3, -0.25) is 9.48 Å². The van der Waals surface area contributed by atoms with Gasteiger partial charge in [0, 0.05) is 19.9 Å². The van der Waals surface area contributed by atoms with Crippen molar-refractivity contribution in [3.63, 3.8) is 0 Å². The van der Waals surface area contributed by atoms with Crippen molar-refractivity contribution < 1.29 is 27.1 Å². The van der Waals surface area contributed by atoms with Gasteiger partial charge in [-0.25, -0.2) is 8.78 Å². The van der Waals surface area contributed by atoms with Crippen molar-refractivity contribution in [2.24, 2.45) is 0 Å². The van der Waals surface area contributed by atoms with Crippen LogP contribution >= 0.6 is 0 Å². The summed E-state index contributed by atoms with van der Waals surface area (Å²) in [5.41, 5.74) is 3.64. The summed E-state index contributed by atoms with van der Waals surface area (Å²) >= 11 is 0. The van der Waals surface area contributed by atoms with Crippen LogP contribution in [-0.2, 0) is 17.3 Å². The van der Waals surface area contributed by atoms with E-state index in [9.17, 15) is 22.4 Å². The van der Waals surface area contributed by atoms with Crippen molar-refractivity contribution in [2.45, 2.75) is 70.9 Å². The molecule has 1 saturated heterocycles. The van der Waals surface area contributed by atoms with Crippen LogP contribution < -0.4 is 4.74 Å². The maximum absolute atomic E-state index is 14.4. The lowest BCUT2D eigenvalue weighted by Gasteiger charge is -2.28. The second-order valence-corrected chi connectivity index (χ2v) is 10.0. The van der Waals surface area contributed by atoms with Crippen LogP contribution in [0.4, 0.5) is 17.6 Å². The largest absolute Gasteiger partial charge is 0.496 e. The van der Waals surface area contributed by atoms with Crippen LogP contribution in [0.15, 0.2) is 59.7 Å². The predicted octanol–water partition coefficient (Wildman–Crippen LogP) is 6.86. The van der Waals surface area contributed by atoms with E-state index >= 15 is 0 Å². The van der Waals surface area contributed by atoms with E-state index in [1.54, 1.807) is 12.0 Å². The van der Waals surface area contributed by atoms with Gasteiger partial charge in [-0.05, 0) is 54.7 Å². The van der Waals surface area contributed by atoms with E-state index in [1.165, 1.54) is 0 Å². The number of benzene rings is 1. The molecule has 0 radical (unpaired) electrons. The van der Waals surface area contributed by atoms with Gasteiger partial charge in [0.05, 0.1) is 24.8 Å². The summed E-state index contributed by atoms with van der Waals surface area (Å²) in [7, 11) is 1.57. The number of nitrogens with zero attached hydrogens (tertiary/aromatic N) is 3. The number of hydrogen-bond acceptors (Lipinski definition) is 3. The highest BCUT2D eigenvalue weighted by atomic mass is 19.3. The molecule has 0 bridgehead atoms. The Morgan fingerprint density at radius 1 is 1.34 bits per heavy atom. The number of carbonyl (C=O) groups excluding carboxylic acids is 1. The Kier molecular flexibility index (Phi) is 7.34. The van der Waals surface area contributed by atoms with Gasteiger partial charge in [0.15, 0.2) is 0 Å². The molecule has 0 N–H and O–H groups in total. The Bertz CT molecular complexity index is 1320. The van der Waals surface area contributed by atoms with E-state index in [-0.39, 0.29) is 12.2 Å². The summed E-state index contributed by atoms with van der Waals surface area (Å²) in [6.07, 6.45) is 4.36. The van der Waals surface area contributed by atoms with Crippen LogP contribution in [-0.4, -0.2) is 40.2 Å². The van der Waals surface area contributed by atoms with Gasteiger partial charge < -0.3 is 9.64 Å². The number of amides is 1. The molecule has 1 aliphatic heterocycles. The highest BCUT2D eigenvalue weighted by molar-refractivity contribution is 5.79. The van der Waals surface area contributed by atoms with Crippen LogP contribution in [0.3, 0.4) is 0 Å². The molecule has 38 heavy (non-hydrogen) atoms.